The normalized spacial score (nSPS) is 20.0. The van der Waals surface area contributed by atoms with Gasteiger partial charge < -0.3 is 15.2 Å². The Balaban J connectivity index is 1.44. The minimum atomic E-state index is -1.75. The third-order valence-electron chi connectivity index (χ3n) is 8.68. The molecule has 2 heterocycles. The summed E-state index contributed by atoms with van der Waals surface area (Å²) in [5.41, 5.74) is 8.13. The van der Waals surface area contributed by atoms with Gasteiger partial charge in [0.2, 0.25) is 17.4 Å². The number of aliphatic imine (C=N–C) groups is 1. The fourth-order valence-electron chi connectivity index (χ4n) is 6.55. The van der Waals surface area contributed by atoms with Crippen LogP contribution in [0.1, 0.15) is 81.0 Å². The zero-order valence-electron chi connectivity index (χ0n) is 25.4. The van der Waals surface area contributed by atoms with Crippen LogP contribution in [0, 0.1) is 40.9 Å². The number of esters is 1. The first-order valence-electron chi connectivity index (χ1n) is 15.4. The maximum atomic E-state index is 15.7. The van der Waals surface area contributed by atoms with Gasteiger partial charge in [0, 0.05) is 35.7 Å². The zero-order valence-corrected chi connectivity index (χ0v) is 25.4. The molecule has 0 amide bonds. The van der Waals surface area contributed by atoms with Gasteiger partial charge >= 0.3 is 5.97 Å². The fourth-order valence-corrected chi connectivity index (χ4v) is 6.55. The first-order chi connectivity index (χ1) is 22.1. The average Bonchev–Trinajstić information content (AvgIpc) is 3.20. The quantitative estimate of drug-likeness (QED) is 0.116. The van der Waals surface area contributed by atoms with Crippen LogP contribution < -0.4 is 10.5 Å². The van der Waals surface area contributed by atoms with Crippen molar-refractivity contribution in [2.75, 3.05) is 18.9 Å². The van der Waals surface area contributed by atoms with E-state index in [0.717, 1.165) is 44.6 Å². The highest BCUT2D eigenvalue weighted by atomic mass is 19.2. The molecule has 1 aromatic heterocycles. The van der Waals surface area contributed by atoms with E-state index in [9.17, 15) is 22.4 Å². The van der Waals surface area contributed by atoms with Crippen molar-refractivity contribution in [1.82, 2.24) is 9.97 Å². The van der Waals surface area contributed by atoms with Crippen LogP contribution in [0.3, 0.4) is 0 Å². The molecule has 2 aromatic carbocycles. The molecule has 12 heteroatoms. The number of benzene rings is 2. The summed E-state index contributed by atoms with van der Waals surface area (Å²) in [7, 11) is 0. The Labute approximate surface area is 263 Å². The molecular weight excluding hydrogens is 607 g/mol. The summed E-state index contributed by atoms with van der Waals surface area (Å²) in [6, 6.07) is 3.40. The number of nitrogens with two attached hydrogens (primary N) is 1. The number of fused-ring (bicyclic) bond motifs is 1. The number of rotatable bonds is 8. The van der Waals surface area contributed by atoms with Gasteiger partial charge in [0.05, 0.1) is 23.6 Å². The number of nitrogens with zero attached hydrogens (tertiary/aromatic N) is 3. The number of nitrogen functional groups attached to an aromatic ring is 1. The van der Waals surface area contributed by atoms with Crippen LogP contribution in [0.2, 0.25) is 0 Å². The summed E-state index contributed by atoms with van der Waals surface area (Å²) >= 11 is 0. The van der Waals surface area contributed by atoms with Crippen molar-refractivity contribution in [2.45, 2.75) is 64.2 Å². The monoisotopic (exact) mass is 642 g/mol. The van der Waals surface area contributed by atoms with Gasteiger partial charge in [0.15, 0.2) is 11.6 Å². The Bertz CT molecular complexity index is 1640. The van der Waals surface area contributed by atoms with Crippen LogP contribution in [-0.2, 0) is 9.53 Å². The van der Waals surface area contributed by atoms with E-state index >= 15 is 4.39 Å². The summed E-state index contributed by atoms with van der Waals surface area (Å²) in [6.07, 6.45) is 8.40. The first-order valence-corrected chi connectivity index (χ1v) is 15.4. The van der Waals surface area contributed by atoms with Crippen LogP contribution in [-0.4, -0.2) is 34.8 Å². The first kappa shape index (κ1) is 33.0. The minimum absolute atomic E-state index is 0.0170. The molecule has 0 spiro atoms. The molecule has 1 fully saturated rings. The number of aromatic nitrogens is 2. The molecule has 1 aliphatic carbocycles. The summed E-state index contributed by atoms with van der Waals surface area (Å²) in [4.78, 5) is 25.8. The number of hydrogen-bond donors (Lipinski definition) is 1. The standard InChI is InChI=1S/C34H35F5N4O3/c1-3-45-34(44)18(2)13-19-7-5-4-6-8-20(14-19)22-11-12-41-31(27-30(22)42-17-43-33(27)40)23-10-9-21(15-24(23)35)46-32-28(38)25(36)16-26(37)29(32)39/h9-10,15-17,19-20,22H,2-8,11-14H2,1H3,(H2,40,42,43). The maximum Gasteiger partial charge on any atom is 0.333 e. The van der Waals surface area contributed by atoms with Gasteiger partial charge in [0.1, 0.15) is 23.7 Å². The Kier molecular flexibility index (Phi) is 10.3. The average molecular weight is 643 g/mol. The van der Waals surface area contributed by atoms with Gasteiger partial charge in [0.25, 0.3) is 0 Å². The maximum absolute atomic E-state index is 15.7. The predicted octanol–water partition coefficient (Wildman–Crippen LogP) is 7.97. The molecule has 2 N–H and O–H groups in total. The minimum Gasteiger partial charge on any atom is -0.463 e. The van der Waals surface area contributed by atoms with Gasteiger partial charge in [-0.05, 0) is 56.6 Å². The number of carbonyl (C=O) groups is 1. The lowest BCUT2D eigenvalue weighted by Gasteiger charge is -2.32. The number of carbonyl (C=O) groups excluding carboxylic acids is 1. The molecule has 0 bridgehead atoms. The second kappa shape index (κ2) is 14.4. The van der Waals surface area contributed by atoms with E-state index in [1.165, 1.54) is 18.5 Å². The van der Waals surface area contributed by atoms with Crippen molar-refractivity contribution in [2.24, 2.45) is 16.8 Å². The lowest BCUT2D eigenvalue weighted by Crippen LogP contribution is -2.23. The molecule has 244 valence electrons. The third kappa shape index (κ3) is 7.05. The van der Waals surface area contributed by atoms with Crippen molar-refractivity contribution >= 4 is 17.5 Å². The highest BCUT2D eigenvalue weighted by molar-refractivity contribution is 6.16. The van der Waals surface area contributed by atoms with E-state index in [-0.39, 0.29) is 53.5 Å². The summed E-state index contributed by atoms with van der Waals surface area (Å²) < 4.78 is 81.6. The molecule has 2 aliphatic rings. The van der Waals surface area contributed by atoms with Crippen LogP contribution in [0.4, 0.5) is 27.8 Å². The van der Waals surface area contributed by atoms with Crippen molar-refractivity contribution in [3.05, 3.63) is 88.7 Å². The summed E-state index contributed by atoms with van der Waals surface area (Å²) in [5.74, 6) is -9.32. The number of ether oxygens (including phenoxy) is 2. The molecule has 7 nitrogen and oxygen atoms in total. The smallest absolute Gasteiger partial charge is 0.333 e. The third-order valence-corrected chi connectivity index (χ3v) is 8.68. The summed E-state index contributed by atoms with van der Waals surface area (Å²) in [5, 5.41) is 0. The van der Waals surface area contributed by atoms with Gasteiger partial charge in [-0.25, -0.2) is 27.9 Å². The molecule has 1 saturated carbocycles. The van der Waals surface area contributed by atoms with Crippen molar-refractivity contribution in [3.8, 4) is 11.5 Å². The van der Waals surface area contributed by atoms with E-state index < -0.39 is 40.6 Å². The lowest BCUT2D eigenvalue weighted by molar-refractivity contribution is -0.138. The Hall–Kier alpha value is -4.35. The van der Waals surface area contributed by atoms with E-state index in [1.807, 2.05) is 0 Å². The second-order valence-electron chi connectivity index (χ2n) is 11.7. The number of anilines is 1. The van der Waals surface area contributed by atoms with Gasteiger partial charge in [-0.2, -0.15) is 8.78 Å². The predicted molar refractivity (Wildman–Crippen MR) is 162 cm³/mol. The SMILES string of the molecule is C=C(CC1CCCCCC(C2CCN=C(c3ccc(Oc4c(F)c(F)cc(F)c4F)cc3F)c3c(N)ncnc32)C1)C(=O)OCC. The Morgan fingerprint density at radius 2 is 1.72 bits per heavy atom. The highest BCUT2D eigenvalue weighted by Crippen LogP contribution is 2.43. The van der Waals surface area contributed by atoms with E-state index in [0.29, 0.717) is 36.2 Å². The molecular formula is C34H35F5N4O3. The van der Waals surface area contributed by atoms with Crippen LogP contribution >= 0.6 is 0 Å². The van der Waals surface area contributed by atoms with Gasteiger partial charge in [-0.3, -0.25) is 4.99 Å². The largest absolute Gasteiger partial charge is 0.463 e. The van der Waals surface area contributed by atoms with Crippen molar-refractivity contribution < 1.29 is 36.2 Å². The van der Waals surface area contributed by atoms with Gasteiger partial charge in [-0.15, -0.1) is 0 Å². The van der Waals surface area contributed by atoms with Gasteiger partial charge in [-0.1, -0.05) is 32.3 Å². The molecule has 3 aromatic rings. The number of halogens is 5. The molecule has 0 radical (unpaired) electrons. The Morgan fingerprint density at radius 3 is 2.43 bits per heavy atom. The highest BCUT2D eigenvalue weighted by Gasteiger charge is 2.34. The molecule has 1 aliphatic heterocycles. The molecule has 46 heavy (non-hydrogen) atoms. The Morgan fingerprint density at radius 1 is 0.978 bits per heavy atom. The molecule has 3 unspecified atom stereocenters. The van der Waals surface area contributed by atoms with Crippen molar-refractivity contribution in [3.63, 3.8) is 0 Å². The number of hydrogen-bond acceptors (Lipinski definition) is 7. The molecule has 3 atom stereocenters. The van der Waals surface area contributed by atoms with Crippen LogP contribution in [0.5, 0.6) is 11.5 Å². The lowest BCUT2D eigenvalue weighted by atomic mass is 9.73. The topological polar surface area (TPSA) is 99.7 Å². The van der Waals surface area contributed by atoms with Crippen molar-refractivity contribution in [1.29, 1.82) is 0 Å². The fraction of sp³-hybridized carbons (Fsp3) is 0.412. The van der Waals surface area contributed by atoms with Crippen LogP contribution in [0.15, 0.2) is 47.7 Å². The van der Waals surface area contributed by atoms with E-state index in [4.69, 9.17) is 20.2 Å². The summed E-state index contributed by atoms with van der Waals surface area (Å²) in [6.45, 7) is 6.36. The van der Waals surface area contributed by atoms with E-state index in [1.54, 1.807) is 6.92 Å². The molecule has 5 rings (SSSR count). The van der Waals surface area contributed by atoms with E-state index in [2.05, 4.69) is 16.5 Å². The second-order valence-corrected chi connectivity index (χ2v) is 11.7. The van der Waals surface area contributed by atoms with Crippen LogP contribution in [0.25, 0.3) is 0 Å². The zero-order chi connectivity index (χ0) is 33.0. The molecule has 0 saturated heterocycles.